The van der Waals surface area contributed by atoms with Crippen molar-refractivity contribution in [3.05, 3.63) is 35.4 Å². The Balaban J connectivity index is 2.96. The molecular weight excluding hydrogens is 198 g/mol. The van der Waals surface area contributed by atoms with Gasteiger partial charge in [0.15, 0.2) is 0 Å². The van der Waals surface area contributed by atoms with Crippen LogP contribution < -0.4 is 0 Å². The number of halogens is 2. The summed E-state index contributed by atoms with van der Waals surface area (Å²) in [6, 6.07) is 6.33. The van der Waals surface area contributed by atoms with Gasteiger partial charge in [-0.15, -0.1) is 0 Å². The van der Waals surface area contributed by atoms with Gasteiger partial charge in [-0.25, -0.2) is 8.78 Å². The van der Waals surface area contributed by atoms with Crippen molar-refractivity contribution < 1.29 is 13.6 Å². The number of aldehydes is 1. The third-order valence-corrected chi connectivity index (χ3v) is 2.45. The zero-order valence-electron chi connectivity index (χ0n) is 8.78. The van der Waals surface area contributed by atoms with Crippen LogP contribution in [0.5, 0.6) is 0 Å². The van der Waals surface area contributed by atoms with Gasteiger partial charge in [-0.05, 0) is 11.5 Å². The summed E-state index contributed by atoms with van der Waals surface area (Å²) in [5.41, 5.74) is 1.10. The number of carbonyl (C=O) groups excluding carboxylic acids is 1. The Hall–Kier alpha value is -1.25. The van der Waals surface area contributed by atoms with E-state index in [-0.39, 0.29) is 5.92 Å². The van der Waals surface area contributed by atoms with Crippen molar-refractivity contribution in [2.24, 2.45) is 5.92 Å². The molecular formula is C12H14F2O. The Morgan fingerprint density at radius 1 is 1.13 bits per heavy atom. The van der Waals surface area contributed by atoms with Crippen LogP contribution in [0.2, 0.25) is 0 Å². The molecule has 1 atom stereocenters. The van der Waals surface area contributed by atoms with Crippen LogP contribution >= 0.6 is 0 Å². The van der Waals surface area contributed by atoms with Crippen molar-refractivity contribution in [3.8, 4) is 0 Å². The number of rotatable bonds is 4. The zero-order chi connectivity index (χ0) is 11.4. The largest absolute Gasteiger partial charge is 0.298 e. The van der Waals surface area contributed by atoms with Gasteiger partial charge in [0.05, 0.1) is 0 Å². The molecule has 0 aliphatic heterocycles. The first kappa shape index (κ1) is 11.8. The van der Waals surface area contributed by atoms with Crippen LogP contribution in [0.4, 0.5) is 8.78 Å². The summed E-state index contributed by atoms with van der Waals surface area (Å²) in [5, 5.41) is 0. The van der Waals surface area contributed by atoms with Gasteiger partial charge in [0.2, 0.25) is 6.43 Å². The van der Waals surface area contributed by atoms with Gasteiger partial charge in [0.25, 0.3) is 0 Å². The lowest BCUT2D eigenvalue weighted by molar-refractivity contribution is 0.0934. The van der Waals surface area contributed by atoms with E-state index in [1.165, 1.54) is 0 Å². The zero-order valence-corrected chi connectivity index (χ0v) is 8.78. The Labute approximate surface area is 88.1 Å². The fourth-order valence-corrected chi connectivity index (χ4v) is 1.62. The van der Waals surface area contributed by atoms with Gasteiger partial charge >= 0.3 is 0 Å². The lowest BCUT2D eigenvalue weighted by Gasteiger charge is -2.20. The van der Waals surface area contributed by atoms with E-state index in [4.69, 9.17) is 0 Å². The highest BCUT2D eigenvalue weighted by Crippen LogP contribution is 2.30. The standard InChI is InChI=1S/C12H14F2O/c1-8(2)11(12(13)14)10-5-3-9(7-15)4-6-10/h3-8,11-12H,1-2H3. The highest BCUT2D eigenvalue weighted by molar-refractivity contribution is 5.74. The lowest BCUT2D eigenvalue weighted by atomic mass is 9.88. The SMILES string of the molecule is CC(C)C(c1ccc(C=O)cc1)C(F)F. The first-order valence-corrected chi connectivity index (χ1v) is 4.89. The van der Waals surface area contributed by atoms with E-state index in [1.54, 1.807) is 38.1 Å². The van der Waals surface area contributed by atoms with Gasteiger partial charge in [0, 0.05) is 11.5 Å². The molecule has 0 heterocycles. The van der Waals surface area contributed by atoms with E-state index in [2.05, 4.69) is 0 Å². The van der Waals surface area contributed by atoms with Gasteiger partial charge in [-0.3, -0.25) is 4.79 Å². The van der Waals surface area contributed by atoms with E-state index in [0.717, 1.165) is 0 Å². The minimum atomic E-state index is -2.37. The average molecular weight is 212 g/mol. The molecule has 0 saturated carbocycles. The molecule has 0 N–H and O–H groups in total. The first-order valence-electron chi connectivity index (χ1n) is 4.89. The summed E-state index contributed by atoms with van der Waals surface area (Å²) in [4.78, 5) is 10.4. The topological polar surface area (TPSA) is 17.1 Å². The second-order valence-electron chi connectivity index (χ2n) is 3.89. The van der Waals surface area contributed by atoms with Crippen molar-refractivity contribution in [2.75, 3.05) is 0 Å². The molecule has 3 heteroatoms. The van der Waals surface area contributed by atoms with Crippen LogP contribution in [0, 0.1) is 5.92 Å². The molecule has 0 spiro atoms. The molecule has 0 aromatic heterocycles. The van der Waals surface area contributed by atoms with Crippen LogP contribution in [0.1, 0.15) is 35.7 Å². The second kappa shape index (κ2) is 5.01. The molecule has 0 amide bonds. The highest BCUT2D eigenvalue weighted by Gasteiger charge is 2.25. The molecule has 1 unspecified atom stereocenters. The predicted octanol–water partition coefficient (Wildman–Crippen LogP) is 3.50. The molecule has 82 valence electrons. The van der Waals surface area contributed by atoms with Crippen LogP contribution in [-0.2, 0) is 0 Å². The number of hydrogen-bond donors (Lipinski definition) is 0. The van der Waals surface area contributed by atoms with E-state index in [1.807, 2.05) is 0 Å². The van der Waals surface area contributed by atoms with Crippen molar-refractivity contribution >= 4 is 6.29 Å². The van der Waals surface area contributed by atoms with Gasteiger partial charge < -0.3 is 0 Å². The maximum atomic E-state index is 12.7. The number of alkyl halides is 2. The molecule has 0 fully saturated rings. The van der Waals surface area contributed by atoms with Crippen molar-refractivity contribution in [2.45, 2.75) is 26.2 Å². The Kier molecular flexibility index (Phi) is 3.95. The van der Waals surface area contributed by atoms with Gasteiger partial charge in [0.1, 0.15) is 6.29 Å². The summed E-state index contributed by atoms with van der Waals surface area (Å²) >= 11 is 0. The van der Waals surface area contributed by atoms with E-state index < -0.39 is 12.3 Å². The summed E-state index contributed by atoms with van der Waals surface area (Å²) in [6.07, 6.45) is -1.66. The number of hydrogen-bond acceptors (Lipinski definition) is 1. The van der Waals surface area contributed by atoms with Crippen molar-refractivity contribution in [3.63, 3.8) is 0 Å². The molecule has 1 aromatic rings. The molecule has 0 bridgehead atoms. The molecule has 0 aliphatic rings. The first-order chi connectivity index (χ1) is 7.06. The van der Waals surface area contributed by atoms with E-state index in [9.17, 15) is 13.6 Å². The van der Waals surface area contributed by atoms with Crippen LogP contribution in [0.3, 0.4) is 0 Å². The van der Waals surface area contributed by atoms with Crippen molar-refractivity contribution in [1.29, 1.82) is 0 Å². The van der Waals surface area contributed by atoms with Crippen LogP contribution in [0.25, 0.3) is 0 Å². The smallest absolute Gasteiger partial charge is 0.245 e. The molecule has 1 rings (SSSR count). The third-order valence-electron chi connectivity index (χ3n) is 2.45. The third kappa shape index (κ3) is 2.85. The van der Waals surface area contributed by atoms with Gasteiger partial charge in [-0.2, -0.15) is 0 Å². The fraction of sp³-hybridized carbons (Fsp3) is 0.417. The van der Waals surface area contributed by atoms with Gasteiger partial charge in [-0.1, -0.05) is 38.1 Å². The molecule has 0 radical (unpaired) electrons. The maximum Gasteiger partial charge on any atom is 0.245 e. The number of carbonyl (C=O) groups is 1. The Morgan fingerprint density at radius 2 is 1.67 bits per heavy atom. The highest BCUT2D eigenvalue weighted by atomic mass is 19.3. The monoisotopic (exact) mass is 212 g/mol. The van der Waals surface area contributed by atoms with E-state index >= 15 is 0 Å². The minimum Gasteiger partial charge on any atom is -0.298 e. The number of benzene rings is 1. The van der Waals surface area contributed by atoms with E-state index in [0.29, 0.717) is 17.4 Å². The van der Waals surface area contributed by atoms with Crippen LogP contribution in [0.15, 0.2) is 24.3 Å². The Bertz CT molecular complexity index is 309. The molecule has 0 saturated heterocycles. The van der Waals surface area contributed by atoms with Crippen LogP contribution in [-0.4, -0.2) is 12.7 Å². The summed E-state index contributed by atoms with van der Waals surface area (Å²) < 4.78 is 25.5. The Morgan fingerprint density at radius 3 is 2.00 bits per heavy atom. The maximum absolute atomic E-state index is 12.7. The quantitative estimate of drug-likeness (QED) is 0.698. The fourth-order valence-electron chi connectivity index (χ4n) is 1.62. The second-order valence-corrected chi connectivity index (χ2v) is 3.89. The lowest BCUT2D eigenvalue weighted by Crippen LogP contribution is -2.15. The molecule has 15 heavy (non-hydrogen) atoms. The summed E-state index contributed by atoms with van der Waals surface area (Å²) in [7, 11) is 0. The molecule has 0 aliphatic carbocycles. The summed E-state index contributed by atoms with van der Waals surface area (Å²) in [6.45, 7) is 3.54. The average Bonchev–Trinajstić information content (AvgIpc) is 2.18. The molecule has 1 aromatic carbocycles. The predicted molar refractivity (Wildman–Crippen MR) is 55.4 cm³/mol. The van der Waals surface area contributed by atoms with Crippen molar-refractivity contribution in [1.82, 2.24) is 0 Å². The summed E-state index contributed by atoms with van der Waals surface area (Å²) in [5.74, 6) is -0.877. The normalized spacial score (nSPS) is 13.2. The minimum absolute atomic E-state index is 0.118. The molecule has 1 nitrogen and oxygen atoms in total.